The van der Waals surface area contributed by atoms with Gasteiger partial charge in [0, 0.05) is 39.0 Å². The zero-order chi connectivity index (χ0) is 25.0. The fraction of sp³-hybridized carbons (Fsp3) is 0.120. The number of nitrogens with zero attached hydrogens (tertiary/aromatic N) is 1. The lowest BCUT2D eigenvalue weighted by atomic mass is 9.91. The Bertz CT molecular complexity index is 1270. The summed E-state index contributed by atoms with van der Waals surface area (Å²) in [5.41, 5.74) is 1.47. The average Bonchev–Trinajstić information content (AvgIpc) is 2.83. The second-order valence-corrected chi connectivity index (χ2v) is 8.87. The van der Waals surface area contributed by atoms with Gasteiger partial charge in [-0.1, -0.05) is 41.4 Å². The van der Waals surface area contributed by atoms with E-state index in [4.69, 9.17) is 23.2 Å². The standard InChI is InChI=1S/C25H20Cl2N4O4/c26-19-9-18(10-20(27)11-19)23(34)30-21-7-5-16(6-8-21)24(35)31-13-25(28-14-32,29-15-33)12-17-3-1-2-4-22(17)31/h1-11,14-15H,12-13H2,(H,28,32)(H,29,33)(H,30,34). The lowest BCUT2D eigenvalue weighted by Crippen LogP contribution is -2.66. The second-order valence-electron chi connectivity index (χ2n) is 7.99. The number of halogens is 2. The van der Waals surface area contributed by atoms with Crippen molar-refractivity contribution >= 4 is 59.2 Å². The van der Waals surface area contributed by atoms with E-state index in [1.54, 1.807) is 24.3 Å². The van der Waals surface area contributed by atoms with Crippen LogP contribution in [0.2, 0.25) is 10.0 Å². The summed E-state index contributed by atoms with van der Waals surface area (Å²) in [5.74, 6) is -0.732. The van der Waals surface area contributed by atoms with Crippen molar-refractivity contribution < 1.29 is 19.2 Å². The number of para-hydroxylation sites is 1. The molecule has 0 saturated heterocycles. The van der Waals surface area contributed by atoms with Gasteiger partial charge >= 0.3 is 0 Å². The number of hydrogen-bond acceptors (Lipinski definition) is 4. The largest absolute Gasteiger partial charge is 0.334 e. The third kappa shape index (κ3) is 5.29. The fourth-order valence-corrected chi connectivity index (χ4v) is 4.57. The van der Waals surface area contributed by atoms with Crippen LogP contribution in [0.15, 0.2) is 66.7 Å². The summed E-state index contributed by atoms with van der Waals surface area (Å²) in [5, 5.41) is 8.72. The molecule has 10 heteroatoms. The Morgan fingerprint density at radius 3 is 2.11 bits per heavy atom. The summed E-state index contributed by atoms with van der Waals surface area (Å²) >= 11 is 11.9. The molecule has 0 bridgehead atoms. The van der Waals surface area contributed by atoms with Gasteiger partial charge < -0.3 is 20.9 Å². The van der Waals surface area contributed by atoms with E-state index in [1.165, 1.54) is 23.1 Å². The van der Waals surface area contributed by atoms with Crippen molar-refractivity contribution in [3.05, 3.63) is 93.5 Å². The van der Waals surface area contributed by atoms with Gasteiger partial charge in [-0.25, -0.2) is 0 Å². The SMILES string of the molecule is O=CNC1(NC=O)Cc2ccccc2N(C(=O)c2ccc(NC(=O)c3cc(Cl)cc(Cl)c3)cc2)C1. The van der Waals surface area contributed by atoms with Gasteiger partial charge in [-0.3, -0.25) is 19.2 Å². The van der Waals surface area contributed by atoms with Crippen LogP contribution < -0.4 is 20.9 Å². The zero-order valence-corrected chi connectivity index (χ0v) is 19.8. The van der Waals surface area contributed by atoms with E-state index in [1.807, 2.05) is 24.3 Å². The summed E-state index contributed by atoms with van der Waals surface area (Å²) in [4.78, 5) is 50.0. The number of carbonyl (C=O) groups is 4. The Kier molecular flexibility index (Phi) is 7.04. The molecule has 8 nitrogen and oxygen atoms in total. The molecule has 35 heavy (non-hydrogen) atoms. The van der Waals surface area contributed by atoms with Crippen LogP contribution in [0.4, 0.5) is 11.4 Å². The van der Waals surface area contributed by atoms with Crippen LogP contribution in [0.3, 0.4) is 0 Å². The van der Waals surface area contributed by atoms with Crippen LogP contribution in [0.1, 0.15) is 26.3 Å². The summed E-state index contributed by atoms with van der Waals surface area (Å²) < 4.78 is 0. The van der Waals surface area contributed by atoms with E-state index in [2.05, 4.69) is 16.0 Å². The molecule has 0 aromatic heterocycles. The quantitative estimate of drug-likeness (QED) is 0.333. The lowest BCUT2D eigenvalue weighted by molar-refractivity contribution is -0.114. The van der Waals surface area contributed by atoms with Crippen molar-refractivity contribution in [1.29, 1.82) is 0 Å². The lowest BCUT2D eigenvalue weighted by Gasteiger charge is -2.43. The summed E-state index contributed by atoms with van der Waals surface area (Å²) in [6.07, 6.45) is 1.32. The van der Waals surface area contributed by atoms with Crippen LogP contribution in [-0.4, -0.2) is 36.8 Å². The minimum atomic E-state index is -1.14. The summed E-state index contributed by atoms with van der Waals surface area (Å²) in [7, 11) is 0. The molecule has 0 radical (unpaired) electrons. The van der Waals surface area contributed by atoms with Gasteiger partial charge in [0.1, 0.15) is 5.66 Å². The molecular formula is C25H20Cl2N4O4. The van der Waals surface area contributed by atoms with Crippen molar-refractivity contribution in [2.45, 2.75) is 12.1 Å². The molecular weight excluding hydrogens is 491 g/mol. The van der Waals surface area contributed by atoms with Crippen LogP contribution in [0, 0.1) is 0 Å². The number of benzene rings is 3. The first-order valence-electron chi connectivity index (χ1n) is 10.5. The highest BCUT2D eigenvalue weighted by atomic mass is 35.5. The molecule has 0 spiro atoms. The summed E-state index contributed by atoms with van der Waals surface area (Å²) in [6, 6.07) is 18.2. The van der Waals surface area contributed by atoms with E-state index in [0.717, 1.165) is 5.56 Å². The van der Waals surface area contributed by atoms with Gasteiger partial charge in [-0.2, -0.15) is 0 Å². The molecule has 0 aliphatic carbocycles. The maximum Gasteiger partial charge on any atom is 0.258 e. The topological polar surface area (TPSA) is 108 Å². The van der Waals surface area contributed by atoms with Crippen molar-refractivity contribution in [2.24, 2.45) is 0 Å². The number of amides is 4. The third-order valence-corrected chi connectivity index (χ3v) is 6.07. The van der Waals surface area contributed by atoms with E-state index >= 15 is 0 Å². The molecule has 3 N–H and O–H groups in total. The first-order chi connectivity index (χ1) is 16.8. The highest BCUT2D eigenvalue weighted by Gasteiger charge is 2.40. The van der Waals surface area contributed by atoms with Crippen LogP contribution in [0.25, 0.3) is 0 Å². The Morgan fingerprint density at radius 2 is 1.49 bits per heavy atom. The minimum Gasteiger partial charge on any atom is -0.334 e. The Hall–Kier alpha value is -3.88. The van der Waals surface area contributed by atoms with Crippen molar-refractivity contribution in [3.8, 4) is 0 Å². The van der Waals surface area contributed by atoms with Gasteiger partial charge in [-0.05, 0) is 54.1 Å². The fourth-order valence-electron chi connectivity index (χ4n) is 4.04. The maximum atomic E-state index is 13.5. The second kappa shape index (κ2) is 10.2. The molecule has 178 valence electrons. The highest BCUT2D eigenvalue weighted by Crippen LogP contribution is 2.32. The van der Waals surface area contributed by atoms with Gasteiger partial charge in [-0.15, -0.1) is 0 Å². The number of hydrogen-bond donors (Lipinski definition) is 3. The highest BCUT2D eigenvalue weighted by molar-refractivity contribution is 6.35. The Morgan fingerprint density at radius 1 is 0.857 bits per heavy atom. The van der Waals surface area contributed by atoms with Crippen LogP contribution in [-0.2, 0) is 16.0 Å². The van der Waals surface area contributed by atoms with Crippen LogP contribution >= 0.6 is 23.2 Å². The normalized spacial score (nSPS) is 13.8. The molecule has 0 saturated carbocycles. The van der Waals surface area contributed by atoms with Gasteiger partial charge in [0.2, 0.25) is 12.8 Å². The Labute approximate surface area is 211 Å². The Balaban J connectivity index is 1.57. The first kappa shape index (κ1) is 24.3. The van der Waals surface area contributed by atoms with E-state index in [9.17, 15) is 19.2 Å². The monoisotopic (exact) mass is 510 g/mol. The minimum absolute atomic E-state index is 0.0361. The number of rotatable bonds is 7. The number of carbonyl (C=O) groups excluding carboxylic acids is 4. The number of nitrogens with one attached hydrogen (secondary N) is 3. The third-order valence-electron chi connectivity index (χ3n) is 5.63. The smallest absolute Gasteiger partial charge is 0.258 e. The molecule has 0 unspecified atom stereocenters. The molecule has 1 aliphatic rings. The van der Waals surface area contributed by atoms with E-state index < -0.39 is 11.6 Å². The molecule has 1 heterocycles. The van der Waals surface area contributed by atoms with Gasteiger partial charge in [0.25, 0.3) is 11.8 Å². The van der Waals surface area contributed by atoms with Gasteiger partial charge in [0.15, 0.2) is 0 Å². The van der Waals surface area contributed by atoms with E-state index in [0.29, 0.717) is 51.8 Å². The predicted molar refractivity (Wildman–Crippen MR) is 134 cm³/mol. The van der Waals surface area contributed by atoms with Crippen molar-refractivity contribution in [1.82, 2.24) is 10.6 Å². The first-order valence-corrected chi connectivity index (χ1v) is 11.3. The van der Waals surface area contributed by atoms with Crippen LogP contribution in [0.5, 0.6) is 0 Å². The molecule has 4 amide bonds. The van der Waals surface area contributed by atoms with Crippen molar-refractivity contribution in [2.75, 3.05) is 16.8 Å². The molecule has 3 aromatic rings. The molecule has 3 aromatic carbocycles. The maximum absolute atomic E-state index is 13.5. The average molecular weight is 511 g/mol. The molecule has 1 aliphatic heterocycles. The molecule has 0 fully saturated rings. The zero-order valence-electron chi connectivity index (χ0n) is 18.3. The number of fused-ring (bicyclic) bond motifs is 1. The van der Waals surface area contributed by atoms with E-state index in [-0.39, 0.29) is 12.5 Å². The summed E-state index contributed by atoms with van der Waals surface area (Å²) in [6.45, 7) is 0.0361. The predicted octanol–water partition coefficient (Wildman–Crippen LogP) is 3.64. The van der Waals surface area contributed by atoms with Crippen molar-refractivity contribution in [3.63, 3.8) is 0 Å². The number of anilines is 2. The molecule has 0 atom stereocenters. The van der Waals surface area contributed by atoms with Gasteiger partial charge in [0.05, 0.1) is 6.54 Å². The molecule has 4 rings (SSSR count).